The number of anilines is 2. The van der Waals surface area contributed by atoms with Gasteiger partial charge in [0.25, 0.3) is 5.91 Å². The number of aryl methyl sites for hydroxylation is 1. The molecule has 2 aromatic carbocycles. The van der Waals surface area contributed by atoms with Crippen molar-refractivity contribution in [1.82, 2.24) is 14.8 Å². The smallest absolute Gasteiger partial charge is 0.255 e. The molecule has 9 heteroatoms. The van der Waals surface area contributed by atoms with Gasteiger partial charge in [0.1, 0.15) is 6.04 Å². The van der Waals surface area contributed by atoms with Crippen LogP contribution in [0.2, 0.25) is 0 Å². The number of nitrogens with zero attached hydrogens (tertiary/aromatic N) is 3. The molecule has 0 bridgehead atoms. The number of ether oxygens (including phenoxy) is 2. The zero-order valence-electron chi connectivity index (χ0n) is 22.1. The largest absolute Gasteiger partial charge is 0.490 e. The van der Waals surface area contributed by atoms with Gasteiger partial charge in [0.15, 0.2) is 11.5 Å². The Balaban J connectivity index is 1.78. The molecule has 196 valence electrons. The van der Waals surface area contributed by atoms with Gasteiger partial charge in [-0.05, 0) is 63.4 Å². The molecule has 0 aliphatic carbocycles. The number of hydrogen-bond donors (Lipinski definition) is 2. The predicted octanol–water partition coefficient (Wildman–Crippen LogP) is 6.20. The van der Waals surface area contributed by atoms with Gasteiger partial charge in [0.05, 0.1) is 18.8 Å². The summed E-state index contributed by atoms with van der Waals surface area (Å²) in [4.78, 5) is 18.4. The first kappa shape index (κ1) is 26.6. The van der Waals surface area contributed by atoms with Crippen LogP contribution in [0.1, 0.15) is 57.7 Å². The highest BCUT2D eigenvalue weighted by Crippen LogP contribution is 2.40. The van der Waals surface area contributed by atoms with Gasteiger partial charge < -0.3 is 20.1 Å². The molecule has 4 rings (SSSR count). The quantitative estimate of drug-likeness (QED) is 0.290. The topological polar surface area (TPSA) is 90.3 Å². The summed E-state index contributed by atoms with van der Waals surface area (Å²) in [5, 5.41) is 11.8. The lowest BCUT2D eigenvalue weighted by molar-refractivity contribution is -0.113. The minimum absolute atomic E-state index is 0.202. The number of nitrogens with one attached hydrogen (secondary N) is 2. The Bertz CT molecular complexity index is 1270. The summed E-state index contributed by atoms with van der Waals surface area (Å²) in [6, 6.07) is 13.1. The Morgan fingerprint density at radius 3 is 2.54 bits per heavy atom. The van der Waals surface area contributed by atoms with Gasteiger partial charge in [-0.15, -0.1) is 5.10 Å². The number of rotatable bonds is 11. The molecule has 1 unspecified atom stereocenters. The average molecular weight is 522 g/mol. The molecule has 8 nitrogen and oxygen atoms in total. The zero-order chi connectivity index (χ0) is 26.4. The normalized spacial score (nSPS) is 14.7. The summed E-state index contributed by atoms with van der Waals surface area (Å²) in [7, 11) is 0. The first-order valence-corrected chi connectivity index (χ1v) is 13.8. The third-order valence-electron chi connectivity index (χ3n) is 5.87. The van der Waals surface area contributed by atoms with Crippen molar-refractivity contribution >= 4 is 29.3 Å². The van der Waals surface area contributed by atoms with Crippen LogP contribution in [-0.2, 0) is 4.79 Å². The van der Waals surface area contributed by atoms with E-state index in [-0.39, 0.29) is 5.91 Å². The number of fused-ring (bicyclic) bond motifs is 1. The van der Waals surface area contributed by atoms with Crippen molar-refractivity contribution in [3.8, 4) is 11.5 Å². The van der Waals surface area contributed by atoms with Crippen molar-refractivity contribution in [2.24, 2.45) is 0 Å². The lowest BCUT2D eigenvalue weighted by atomic mass is 9.94. The Hall–Kier alpha value is -3.46. The number of benzene rings is 2. The highest BCUT2D eigenvalue weighted by atomic mass is 32.2. The fourth-order valence-corrected chi connectivity index (χ4v) is 4.80. The molecule has 0 saturated carbocycles. The zero-order valence-corrected chi connectivity index (χ0v) is 22.9. The van der Waals surface area contributed by atoms with E-state index in [0.29, 0.717) is 41.4 Å². The van der Waals surface area contributed by atoms with Gasteiger partial charge in [-0.25, -0.2) is 4.68 Å². The lowest BCUT2D eigenvalue weighted by Crippen LogP contribution is -2.31. The van der Waals surface area contributed by atoms with E-state index >= 15 is 0 Å². The monoisotopic (exact) mass is 521 g/mol. The van der Waals surface area contributed by atoms with Crippen LogP contribution in [0.15, 0.2) is 58.9 Å². The van der Waals surface area contributed by atoms with E-state index < -0.39 is 6.04 Å². The van der Waals surface area contributed by atoms with Gasteiger partial charge in [-0.3, -0.25) is 4.79 Å². The molecule has 1 aliphatic heterocycles. The van der Waals surface area contributed by atoms with Crippen molar-refractivity contribution in [1.29, 1.82) is 0 Å². The number of thioether (sulfide) groups is 1. The average Bonchev–Trinajstić information content (AvgIpc) is 3.29. The summed E-state index contributed by atoms with van der Waals surface area (Å²) < 4.78 is 13.6. The summed E-state index contributed by atoms with van der Waals surface area (Å²) in [5.41, 5.74) is 4.02. The predicted molar refractivity (Wildman–Crippen MR) is 149 cm³/mol. The van der Waals surface area contributed by atoms with Crippen LogP contribution in [0.3, 0.4) is 0 Å². The highest BCUT2D eigenvalue weighted by Gasteiger charge is 2.35. The van der Waals surface area contributed by atoms with Crippen LogP contribution in [0.4, 0.5) is 11.6 Å². The number of hydrogen-bond acceptors (Lipinski definition) is 7. The molecule has 1 amide bonds. The third-order valence-corrected chi connectivity index (χ3v) is 6.91. The van der Waals surface area contributed by atoms with Gasteiger partial charge >= 0.3 is 0 Å². The van der Waals surface area contributed by atoms with Crippen molar-refractivity contribution in [3.63, 3.8) is 0 Å². The Morgan fingerprint density at radius 2 is 1.84 bits per heavy atom. The summed E-state index contributed by atoms with van der Waals surface area (Å²) in [5.74, 6) is 2.65. The summed E-state index contributed by atoms with van der Waals surface area (Å²) in [6.07, 6.45) is 1.91. The molecular formula is C28H35N5O3S. The van der Waals surface area contributed by atoms with E-state index in [0.717, 1.165) is 41.1 Å². The van der Waals surface area contributed by atoms with E-state index in [1.165, 1.54) is 0 Å². The Labute approximate surface area is 222 Å². The Kier molecular flexibility index (Phi) is 8.76. The van der Waals surface area contributed by atoms with E-state index in [2.05, 4.69) is 24.5 Å². The molecule has 0 fully saturated rings. The van der Waals surface area contributed by atoms with Gasteiger partial charge in [-0.2, -0.15) is 4.98 Å². The maximum Gasteiger partial charge on any atom is 0.255 e. The molecule has 2 N–H and O–H groups in total. The van der Waals surface area contributed by atoms with Crippen molar-refractivity contribution in [2.75, 3.05) is 29.6 Å². The van der Waals surface area contributed by atoms with E-state index in [1.54, 1.807) is 16.4 Å². The molecule has 0 radical (unpaired) electrons. The van der Waals surface area contributed by atoms with Gasteiger partial charge in [-0.1, -0.05) is 49.4 Å². The summed E-state index contributed by atoms with van der Waals surface area (Å²) >= 11 is 1.60. The number of amides is 1. The second kappa shape index (κ2) is 12.2. The number of aromatic nitrogens is 3. The summed E-state index contributed by atoms with van der Waals surface area (Å²) in [6.45, 7) is 11.1. The van der Waals surface area contributed by atoms with Gasteiger partial charge in [0, 0.05) is 17.1 Å². The molecule has 1 aromatic heterocycles. The van der Waals surface area contributed by atoms with E-state index in [9.17, 15) is 4.79 Å². The molecule has 2 heterocycles. The van der Waals surface area contributed by atoms with Crippen molar-refractivity contribution in [2.45, 2.75) is 58.7 Å². The minimum Gasteiger partial charge on any atom is -0.490 e. The van der Waals surface area contributed by atoms with Crippen LogP contribution in [-0.4, -0.2) is 39.6 Å². The lowest BCUT2D eigenvalue weighted by Gasteiger charge is -2.29. The van der Waals surface area contributed by atoms with E-state index in [1.807, 2.05) is 63.2 Å². The van der Waals surface area contributed by atoms with Crippen LogP contribution >= 0.6 is 11.8 Å². The van der Waals surface area contributed by atoms with Crippen molar-refractivity contribution in [3.05, 3.63) is 64.9 Å². The van der Waals surface area contributed by atoms with Gasteiger partial charge in [0.2, 0.25) is 11.1 Å². The van der Waals surface area contributed by atoms with Crippen LogP contribution in [0.5, 0.6) is 11.5 Å². The Morgan fingerprint density at radius 1 is 1.05 bits per heavy atom. The van der Waals surface area contributed by atoms with Crippen LogP contribution < -0.4 is 20.1 Å². The fourth-order valence-electron chi connectivity index (χ4n) is 4.12. The minimum atomic E-state index is -0.496. The molecule has 1 aliphatic rings. The van der Waals surface area contributed by atoms with Crippen LogP contribution in [0, 0.1) is 6.92 Å². The SMILES string of the molecule is CCCOc1ccc(C2C(C(=O)Nc3ccc(C)cc3)=C(C)Nc3nc(SCCC)nn32)cc1OCC. The van der Waals surface area contributed by atoms with Crippen molar-refractivity contribution < 1.29 is 14.3 Å². The number of carbonyl (C=O) groups excluding carboxylic acids is 1. The third kappa shape index (κ3) is 6.10. The molecular weight excluding hydrogens is 486 g/mol. The van der Waals surface area contributed by atoms with E-state index in [4.69, 9.17) is 19.6 Å². The number of carbonyl (C=O) groups is 1. The first-order chi connectivity index (χ1) is 17.9. The molecule has 0 saturated heterocycles. The maximum absolute atomic E-state index is 13.7. The molecule has 3 aromatic rings. The second-order valence-electron chi connectivity index (χ2n) is 8.89. The molecule has 0 spiro atoms. The first-order valence-electron chi connectivity index (χ1n) is 12.8. The maximum atomic E-state index is 13.7. The second-order valence-corrected chi connectivity index (χ2v) is 9.95. The highest BCUT2D eigenvalue weighted by molar-refractivity contribution is 7.99. The molecule has 1 atom stereocenters. The fraction of sp³-hybridized carbons (Fsp3) is 0.393. The molecule has 37 heavy (non-hydrogen) atoms. The number of allylic oxidation sites excluding steroid dienone is 1. The van der Waals surface area contributed by atoms with Crippen LogP contribution in [0.25, 0.3) is 0 Å². The standard InChI is InChI=1S/C28H35N5O3S/c1-6-15-36-22-14-11-20(17-23(22)35-8-3)25-24(26(34)30-21-12-9-18(4)10-13-21)19(5)29-27-31-28(32-33(25)27)37-16-7-2/h9-14,17,25H,6-8,15-16H2,1-5H3,(H,30,34)(H,29,31,32).